The predicted molar refractivity (Wildman–Crippen MR) is 80.7 cm³/mol. The summed E-state index contributed by atoms with van der Waals surface area (Å²) in [5, 5.41) is 9.69. The number of likely N-dealkylation sites (tertiary alicyclic amines) is 1. The van der Waals surface area contributed by atoms with Gasteiger partial charge in [0.1, 0.15) is 11.3 Å². The first-order valence-corrected chi connectivity index (χ1v) is 7.36. The lowest BCUT2D eigenvalue weighted by atomic mass is 9.88. The van der Waals surface area contributed by atoms with Crippen LogP contribution in [0.5, 0.6) is 5.75 Å². The maximum atomic E-state index is 9.69. The van der Waals surface area contributed by atoms with Gasteiger partial charge < -0.3 is 4.74 Å². The third kappa shape index (κ3) is 3.32. The van der Waals surface area contributed by atoms with E-state index in [-0.39, 0.29) is 0 Å². The first kappa shape index (κ1) is 14.9. The van der Waals surface area contributed by atoms with Crippen LogP contribution in [0, 0.1) is 17.2 Å². The normalized spacial score (nSPS) is 22.8. The highest BCUT2D eigenvalue weighted by Crippen LogP contribution is 2.27. The van der Waals surface area contributed by atoms with Crippen LogP contribution in [0.15, 0.2) is 24.3 Å². The van der Waals surface area contributed by atoms with Crippen molar-refractivity contribution in [1.29, 1.82) is 5.26 Å². The quantitative estimate of drug-likeness (QED) is 0.844. The van der Waals surface area contributed by atoms with Crippen LogP contribution in [0.25, 0.3) is 0 Å². The summed E-state index contributed by atoms with van der Waals surface area (Å²) in [6.45, 7) is 6.38. The zero-order chi connectivity index (χ0) is 14.6. The molecule has 0 saturated carbocycles. The number of benzene rings is 1. The van der Waals surface area contributed by atoms with E-state index in [1.165, 1.54) is 12.8 Å². The Bertz CT molecular complexity index is 494. The van der Waals surface area contributed by atoms with Crippen molar-refractivity contribution in [3.05, 3.63) is 29.8 Å². The molecule has 0 spiro atoms. The van der Waals surface area contributed by atoms with Gasteiger partial charge in [0.2, 0.25) is 0 Å². The van der Waals surface area contributed by atoms with Crippen LogP contribution in [-0.2, 0) is 6.42 Å². The van der Waals surface area contributed by atoms with Gasteiger partial charge in [0.25, 0.3) is 0 Å². The van der Waals surface area contributed by atoms with E-state index in [2.05, 4.69) is 30.9 Å². The zero-order valence-corrected chi connectivity index (χ0v) is 12.7. The van der Waals surface area contributed by atoms with Crippen molar-refractivity contribution in [1.82, 2.24) is 4.90 Å². The first-order valence-electron chi connectivity index (χ1n) is 7.36. The van der Waals surface area contributed by atoms with Gasteiger partial charge in [-0.2, -0.15) is 5.26 Å². The summed E-state index contributed by atoms with van der Waals surface area (Å²) >= 11 is 0. The lowest BCUT2D eigenvalue weighted by Gasteiger charge is -2.41. The molecule has 0 aromatic heterocycles. The molecule has 0 aliphatic carbocycles. The van der Waals surface area contributed by atoms with Crippen LogP contribution in [-0.4, -0.2) is 30.6 Å². The molecule has 1 saturated heterocycles. The van der Waals surface area contributed by atoms with E-state index in [0.717, 1.165) is 30.8 Å². The molecule has 0 bridgehead atoms. The summed E-state index contributed by atoms with van der Waals surface area (Å²) < 4.78 is 5.27. The van der Waals surface area contributed by atoms with Gasteiger partial charge in [0.15, 0.2) is 0 Å². The molecule has 3 heteroatoms. The molecule has 1 heterocycles. The molecule has 1 aliphatic heterocycles. The van der Waals surface area contributed by atoms with E-state index in [1.807, 2.05) is 18.2 Å². The van der Waals surface area contributed by atoms with Crippen LogP contribution in [0.1, 0.15) is 32.3 Å². The Morgan fingerprint density at radius 3 is 2.95 bits per heavy atom. The molecule has 20 heavy (non-hydrogen) atoms. The van der Waals surface area contributed by atoms with Gasteiger partial charge in [0, 0.05) is 13.0 Å². The van der Waals surface area contributed by atoms with Gasteiger partial charge in [-0.1, -0.05) is 19.1 Å². The van der Waals surface area contributed by atoms with Crippen molar-refractivity contribution in [3.8, 4) is 11.8 Å². The highest BCUT2D eigenvalue weighted by molar-refractivity contribution is 5.31. The average Bonchev–Trinajstić information content (AvgIpc) is 2.47. The van der Waals surface area contributed by atoms with Crippen molar-refractivity contribution in [2.75, 3.05) is 20.2 Å². The highest BCUT2D eigenvalue weighted by Gasteiger charge is 2.34. The molecule has 1 aromatic carbocycles. The van der Waals surface area contributed by atoms with Gasteiger partial charge in [-0.05, 0) is 49.9 Å². The highest BCUT2D eigenvalue weighted by atomic mass is 16.5. The Kier molecular flexibility index (Phi) is 4.67. The Hall–Kier alpha value is -1.53. The Labute approximate surface area is 122 Å². The minimum atomic E-state index is -0.430. The Morgan fingerprint density at radius 1 is 1.50 bits per heavy atom. The standard InChI is InChI=1S/C17H24N2O/c1-14-6-5-9-19(12-14)17(2,13-18)11-15-7-4-8-16(10-15)20-3/h4,7-8,10,14H,5-6,9,11-12H2,1-3H3. The van der Waals surface area contributed by atoms with Crippen molar-refractivity contribution in [2.45, 2.75) is 38.6 Å². The number of nitrogens with zero attached hydrogens (tertiary/aromatic N) is 2. The molecule has 2 unspecified atom stereocenters. The molecule has 1 fully saturated rings. The molecule has 1 aliphatic rings. The second-order valence-electron chi connectivity index (χ2n) is 6.11. The van der Waals surface area contributed by atoms with Crippen molar-refractivity contribution >= 4 is 0 Å². The monoisotopic (exact) mass is 272 g/mol. The number of rotatable bonds is 4. The molecular formula is C17H24N2O. The molecular weight excluding hydrogens is 248 g/mol. The van der Waals surface area contributed by atoms with Gasteiger partial charge in [-0.15, -0.1) is 0 Å². The molecule has 2 rings (SSSR count). The van der Waals surface area contributed by atoms with Gasteiger partial charge in [-0.3, -0.25) is 4.90 Å². The van der Waals surface area contributed by atoms with E-state index < -0.39 is 5.54 Å². The van der Waals surface area contributed by atoms with E-state index in [1.54, 1.807) is 7.11 Å². The lowest BCUT2D eigenvalue weighted by molar-refractivity contribution is 0.0958. The topological polar surface area (TPSA) is 36.3 Å². The van der Waals surface area contributed by atoms with E-state index >= 15 is 0 Å². The Morgan fingerprint density at radius 2 is 2.30 bits per heavy atom. The summed E-state index contributed by atoms with van der Waals surface area (Å²) in [7, 11) is 1.68. The van der Waals surface area contributed by atoms with Gasteiger partial charge in [-0.25, -0.2) is 0 Å². The number of hydrogen-bond donors (Lipinski definition) is 0. The van der Waals surface area contributed by atoms with Crippen LogP contribution in [0.3, 0.4) is 0 Å². The third-order valence-corrected chi connectivity index (χ3v) is 4.28. The maximum Gasteiger partial charge on any atom is 0.119 e. The minimum absolute atomic E-state index is 0.430. The largest absolute Gasteiger partial charge is 0.497 e. The first-order chi connectivity index (χ1) is 9.57. The number of hydrogen-bond acceptors (Lipinski definition) is 3. The fraction of sp³-hybridized carbons (Fsp3) is 0.588. The number of piperidine rings is 1. The average molecular weight is 272 g/mol. The molecule has 0 N–H and O–H groups in total. The van der Waals surface area contributed by atoms with Crippen molar-refractivity contribution in [2.24, 2.45) is 5.92 Å². The van der Waals surface area contributed by atoms with E-state index in [0.29, 0.717) is 5.92 Å². The van der Waals surface area contributed by atoms with Crippen molar-refractivity contribution < 1.29 is 4.74 Å². The van der Waals surface area contributed by atoms with Crippen molar-refractivity contribution in [3.63, 3.8) is 0 Å². The summed E-state index contributed by atoms with van der Waals surface area (Å²) in [5.74, 6) is 1.54. The predicted octanol–water partition coefficient (Wildman–Crippen LogP) is 3.25. The fourth-order valence-electron chi connectivity index (χ4n) is 3.04. The zero-order valence-electron chi connectivity index (χ0n) is 12.7. The molecule has 3 nitrogen and oxygen atoms in total. The summed E-state index contributed by atoms with van der Waals surface area (Å²) in [5.41, 5.74) is 0.729. The number of methoxy groups -OCH3 is 1. The van der Waals surface area contributed by atoms with Crippen LogP contribution < -0.4 is 4.74 Å². The Balaban J connectivity index is 2.16. The summed E-state index contributed by atoms with van der Waals surface area (Å²) in [6.07, 6.45) is 3.21. The summed E-state index contributed by atoms with van der Waals surface area (Å²) in [6, 6.07) is 10.6. The molecule has 2 atom stereocenters. The summed E-state index contributed by atoms with van der Waals surface area (Å²) in [4.78, 5) is 2.35. The fourth-order valence-corrected chi connectivity index (χ4v) is 3.04. The SMILES string of the molecule is COc1cccc(CC(C)(C#N)N2CCCC(C)C2)c1. The van der Waals surface area contributed by atoms with Crippen LogP contribution >= 0.6 is 0 Å². The number of nitriles is 1. The molecule has 1 aromatic rings. The number of ether oxygens (including phenoxy) is 1. The maximum absolute atomic E-state index is 9.69. The van der Waals surface area contributed by atoms with Gasteiger partial charge >= 0.3 is 0 Å². The van der Waals surface area contributed by atoms with Crippen LogP contribution in [0.4, 0.5) is 0 Å². The minimum Gasteiger partial charge on any atom is -0.497 e. The second-order valence-corrected chi connectivity index (χ2v) is 6.11. The lowest BCUT2D eigenvalue weighted by Crippen LogP contribution is -2.51. The van der Waals surface area contributed by atoms with E-state index in [4.69, 9.17) is 4.74 Å². The smallest absolute Gasteiger partial charge is 0.119 e. The van der Waals surface area contributed by atoms with Gasteiger partial charge in [0.05, 0.1) is 13.2 Å². The van der Waals surface area contributed by atoms with Crippen LogP contribution in [0.2, 0.25) is 0 Å². The van der Waals surface area contributed by atoms with E-state index in [9.17, 15) is 5.26 Å². The molecule has 0 radical (unpaired) electrons. The molecule has 108 valence electrons. The second kappa shape index (κ2) is 6.28. The third-order valence-electron chi connectivity index (χ3n) is 4.28. The molecule has 0 amide bonds.